The minimum atomic E-state index is -1.07. The summed E-state index contributed by atoms with van der Waals surface area (Å²) in [6.45, 7) is 1.57. The minimum Gasteiger partial charge on any atom is -0.494 e. The first-order valence-electron chi connectivity index (χ1n) is 7.47. The zero-order valence-electron chi connectivity index (χ0n) is 13.7. The molecule has 0 unspecified atom stereocenters. The molecule has 2 rings (SSSR count). The Bertz CT molecular complexity index is 762. The molecule has 5 nitrogen and oxygen atoms in total. The van der Waals surface area contributed by atoms with Crippen LogP contribution in [0.15, 0.2) is 42.5 Å². The van der Waals surface area contributed by atoms with E-state index in [0.29, 0.717) is 5.56 Å². The molecule has 0 spiro atoms. The number of hydrogen-bond acceptors (Lipinski definition) is 4. The fraction of sp³-hybridized carbons (Fsp3) is 0.222. The van der Waals surface area contributed by atoms with Crippen molar-refractivity contribution in [2.45, 2.75) is 19.6 Å². The predicted octanol–water partition coefficient (Wildman–Crippen LogP) is 2.84. The second-order valence-electron chi connectivity index (χ2n) is 5.24. The molecule has 0 aliphatic heterocycles. The summed E-state index contributed by atoms with van der Waals surface area (Å²) in [5.74, 6) is -2.42. The molecule has 0 radical (unpaired) electrons. The van der Waals surface area contributed by atoms with Crippen LogP contribution in [0.1, 0.15) is 22.8 Å². The van der Waals surface area contributed by atoms with Gasteiger partial charge in [-0.2, -0.15) is 0 Å². The Labute approximate surface area is 143 Å². The second-order valence-corrected chi connectivity index (χ2v) is 5.24. The number of benzene rings is 2. The van der Waals surface area contributed by atoms with E-state index in [-0.39, 0.29) is 23.7 Å². The zero-order chi connectivity index (χ0) is 18.4. The van der Waals surface area contributed by atoms with Gasteiger partial charge in [-0.05, 0) is 42.8 Å². The number of hydrogen-bond donors (Lipinski definition) is 1. The number of ether oxygens (including phenoxy) is 2. The first-order valence-corrected chi connectivity index (χ1v) is 7.47. The third kappa shape index (κ3) is 5.00. The van der Waals surface area contributed by atoms with E-state index < -0.39 is 23.8 Å². The van der Waals surface area contributed by atoms with Crippen molar-refractivity contribution in [3.63, 3.8) is 0 Å². The highest BCUT2D eigenvalue weighted by molar-refractivity contribution is 5.92. The SMILES string of the molecule is COc1ccc(C(=O)O[C@H](C)C(=O)NCc2ccc(F)cc2)cc1F. The number of carbonyl (C=O) groups is 2. The summed E-state index contributed by atoms with van der Waals surface area (Å²) in [6.07, 6.45) is -1.07. The first-order chi connectivity index (χ1) is 11.9. The number of nitrogens with one attached hydrogen (secondary N) is 1. The van der Waals surface area contributed by atoms with Crippen LogP contribution in [0.4, 0.5) is 8.78 Å². The monoisotopic (exact) mass is 349 g/mol. The molecule has 0 fully saturated rings. The summed E-state index contributed by atoms with van der Waals surface area (Å²) in [6, 6.07) is 9.24. The Balaban J connectivity index is 1.90. The molecule has 0 aliphatic carbocycles. The summed E-state index contributed by atoms with van der Waals surface area (Å²) in [5.41, 5.74) is 0.669. The van der Waals surface area contributed by atoms with Crippen molar-refractivity contribution in [1.82, 2.24) is 5.32 Å². The number of rotatable bonds is 6. The maximum Gasteiger partial charge on any atom is 0.339 e. The van der Waals surface area contributed by atoms with Crippen LogP contribution >= 0.6 is 0 Å². The highest BCUT2D eigenvalue weighted by atomic mass is 19.1. The van der Waals surface area contributed by atoms with E-state index in [0.717, 1.165) is 6.07 Å². The summed E-state index contributed by atoms with van der Waals surface area (Å²) < 4.78 is 36.2. The van der Waals surface area contributed by atoms with Crippen LogP contribution in [0.5, 0.6) is 5.75 Å². The molecule has 2 aromatic rings. The van der Waals surface area contributed by atoms with Crippen molar-refractivity contribution in [3.8, 4) is 5.75 Å². The van der Waals surface area contributed by atoms with Crippen molar-refractivity contribution < 1.29 is 27.8 Å². The lowest BCUT2D eigenvalue weighted by molar-refractivity contribution is -0.129. The lowest BCUT2D eigenvalue weighted by Crippen LogP contribution is -2.35. The van der Waals surface area contributed by atoms with E-state index >= 15 is 0 Å². The topological polar surface area (TPSA) is 64.6 Å². The second kappa shape index (κ2) is 8.23. The molecule has 0 saturated carbocycles. The van der Waals surface area contributed by atoms with Crippen LogP contribution in [0, 0.1) is 11.6 Å². The fourth-order valence-corrected chi connectivity index (χ4v) is 2.01. The zero-order valence-corrected chi connectivity index (χ0v) is 13.7. The largest absolute Gasteiger partial charge is 0.494 e. The van der Waals surface area contributed by atoms with Gasteiger partial charge in [0.2, 0.25) is 0 Å². The van der Waals surface area contributed by atoms with Crippen molar-refractivity contribution in [2.24, 2.45) is 0 Å². The van der Waals surface area contributed by atoms with E-state index in [2.05, 4.69) is 5.32 Å². The highest BCUT2D eigenvalue weighted by Gasteiger charge is 2.19. The Kier molecular flexibility index (Phi) is 6.05. The maximum atomic E-state index is 13.6. The summed E-state index contributed by atoms with van der Waals surface area (Å²) in [4.78, 5) is 23.9. The van der Waals surface area contributed by atoms with Gasteiger partial charge in [-0.1, -0.05) is 12.1 Å². The fourth-order valence-electron chi connectivity index (χ4n) is 2.01. The quantitative estimate of drug-likeness (QED) is 0.815. The molecular formula is C18H17F2NO4. The number of carbonyl (C=O) groups excluding carboxylic acids is 2. The van der Waals surface area contributed by atoms with Gasteiger partial charge >= 0.3 is 5.97 Å². The number of amides is 1. The molecule has 0 heterocycles. The normalized spacial score (nSPS) is 11.5. The Morgan fingerprint density at radius 2 is 1.80 bits per heavy atom. The van der Waals surface area contributed by atoms with E-state index in [1.165, 1.54) is 50.4 Å². The number of methoxy groups -OCH3 is 1. The average Bonchev–Trinajstić information content (AvgIpc) is 2.60. The van der Waals surface area contributed by atoms with Crippen molar-refractivity contribution in [2.75, 3.05) is 7.11 Å². The smallest absolute Gasteiger partial charge is 0.339 e. The molecule has 25 heavy (non-hydrogen) atoms. The van der Waals surface area contributed by atoms with Gasteiger partial charge in [0, 0.05) is 6.54 Å². The minimum absolute atomic E-state index is 0.00152. The molecular weight excluding hydrogens is 332 g/mol. The standard InChI is InChI=1S/C18H17F2NO4/c1-11(17(22)21-10-12-3-6-14(19)7-4-12)25-18(23)13-5-8-16(24-2)15(20)9-13/h3-9,11H,10H2,1-2H3,(H,21,22)/t11-/m1/s1. The average molecular weight is 349 g/mol. The Morgan fingerprint density at radius 1 is 1.12 bits per heavy atom. The summed E-state index contributed by atoms with van der Waals surface area (Å²) in [5, 5.41) is 2.57. The molecule has 1 atom stereocenters. The lowest BCUT2D eigenvalue weighted by atomic mass is 10.2. The van der Waals surface area contributed by atoms with Crippen LogP contribution < -0.4 is 10.1 Å². The Morgan fingerprint density at radius 3 is 2.40 bits per heavy atom. The van der Waals surface area contributed by atoms with E-state index in [9.17, 15) is 18.4 Å². The van der Waals surface area contributed by atoms with Crippen LogP contribution in [-0.2, 0) is 16.1 Å². The van der Waals surface area contributed by atoms with E-state index in [1.54, 1.807) is 0 Å². The third-order valence-corrected chi connectivity index (χ3v) is 3.42. The van der Waals surface area contributed by atoms with E-state index in [4.69, 9.17) is 9.47 Å². The molecule has 1 N–H and O–H groups in total. The third-order valence-electron chi connectivity index (χ3n) is 3.42. The van der Waals surface area contributed by atoms with Gasteiger partial charge in [-0.25, -0.2) is 13.6 Å². The lowest BCUT2D eigenvalue weighted by Gasteiger charge is -2.14. The van der Waals surface area contributed by atoms with Crippen molar-refractivity contribution in [1.29, 1.82) is 0 Å². The molecule has 0 aromatic heterocycles. The number of esters is 1. The van der Waals surface area contributed by atoms with Gasteiger partial charge in [0.1, 0.15) is 5.82 Å². The van der Waals surface area contributed by atoms with Gasteiger partial charge in [0.25, 0.3) is 5.91 Å². The van der Waals surface area contributed by atoms with Gasteiger partial charge in [0.05, 0.1) is 12.7 Å². The van der Waals surface area contributed by atoms with Crippen LogP contribution in [0.3, 0.4) is 0 Å². The van der Waals surface area contributed by atoms with Crippen LogP contribution in [-0.4, -0.2) is 25.1 Å². The molecule has 2 aromatic carbocycles. The van der Waals surface area contributed by atoms with Crippen LogP contribution in [0.25, 0.3) is 0 Å². The van der Waals surface area contributed by atoms with Gasteiger partial charge < -0.3 is 14.8 Å². The molecule has 0 saturated heterocycles. The Hall–Kier alpha value is -2.96. The molecule has 0 bridgehead atoms. The van der Waals surface area contributed by atoms with Gasteiger partial charge in [0.15, 0.2) is 17.7 Å². The molecule has 7 heteroatoms. The van der Waals surface area contributed by atoms with Crippen molar-refractivity contribution >= 4 is 11.9 Å². The predicted molar refractivity (Wildman–Crippen MR) is 86.1 cm³/mol. The van der Waals surface area contributed by atoms with Crippen molar-refractivity contribution in [3.05, 3.63) is 65.2 Å². The number of halogens is 2. The summed E-state index contributed by atoms with van der Waals surface area (Å²) >= 11 is 0. The molecule has 132 valence electrons. The van der Waals surface area contributed by atoms with Crippen LogP contribution in [0.2, 0.25) is 0 Å². The molecule has 1 amide bonds. The van der Waals surface area contributed by atoms with E-state index in [1.807, 2.05) is 0 Å². The van der Waals surface area contributed by atoms with Gasteiger partial charge in [-0.15, -0.1) is 0 Å². The highest BCUT2D eigenvalue weighted by Crippen LogP contribution is 2.18. The molecule has 0 aliphatic rings. The first kappa shape index (κ1) is 18.4. The maximum absolute atomic E-state index is 13.6. The van der Waals surface area contributed by atoms with Gasteiger partial charge in [-0.3, -0.25) is 4.79 Å². The summed E-state index contributed by atoms with van der Waals surface area (Å²) in [7, 11) is 1.31.